The molecule has 3 rings (SSSR count). The smallest absolute Gasteiger partial charge is 0.310 e. The van der Waals surface area contributed by atoms with Crippen molar-refractivity contribution in [3.63, 3.8) is 0 Å². The number of carbonyl (C=O) groups excluding carboxylic acids is 2. The maximum atomic E-state index is 12.8. The highest BCUT2D eigenvalue weighted by atomic mass is 35.5. The van der Waals surface area contributed by atoms with E-state index in [9.17, 15) is 9.59 Å². The van der Waals surface area contributed by atoms with Crippen LogP contribution < -0.4 is 4.74 Å². The van der Waals surface area contributed by atoms with Crippen LogP contribution in [0.3, 0.4) is 0 Å². The van der Waals surface area contributed by atoms with Gasteiger partial charge in [0.15, 0.2) is 5.75 Å². The molecule has 0 fully saturated rings. The van der Waals surface area contributed by atoms with Crippen molar-refractivity contribution in [1.29, 1.82) is 0 Å². The summed E-state index contributed by atoms with van der Waals surface area (Å²) in [7, 11) is 0. The van der Waals surface area contributed by atoms with E-state index in [1.165, 1.54) is 0 Å². The van der Waals surface area contributed by atoms with Gasteiger partial charge < -0.3 is 9.72 Å². The summed E-state index contributed by atoms with van der Waals surface area (Å²) < 4.78 is 5.39. The van der Waals surface area contributed by atoms with Crippen molar-refractivity contribution in [2.45, 2.75) is 13.3 Å². The van der Waals surface area contributed by atoms with Gasteiger partial charge in [-0.25, -0.2) is 0 Å². The van der Waals surface area contributed by atoms with Gasteiger partial charge in [0, 0.05) is 27.4 Å². The van der Waals surface area contributed by atoms with Crippen LogP contribution in [0.15, 0.2) is 42.5 Å². The standard InChI is InChI=1S/C18H13Cl2NO3/c1-2-15(22)24-18-13-8-7-12(20)9-14(13)21-16(18)17(23)10-3-5-11(19)6-4-10/h3-9,21H,2H2,1H3. The zero-order chi connectivity index (χ0) is 17.3. The summed E-state index contributed by atoms with van der Waals surface area (Å²) in [5, 5.41) is 1.67. The zero-order valence-electron chi connectivity index (χ0n) is 12.7. The number of hydrogen-bond acceptors (Lipinski definition) is 3. The van der Waals surface area contributed by atoms with E-state index in [4.69, 9.17) is 27.9 Å². The number of nitrogens with one attached hydrogen (secondary N) is 1. The number of benzene rings is 2. The third-order valence-electron chi connectivity index (χ3n) is 3.55. The van der Waals surface area contributed by atoms with Crippen molar-refractivity contribution >= 4 is 45.9 Å². The minimum atomic E-state index is -0.420. The molecule has 2 aromatic carbocycles. The van der Waals surface area contributed by atoms with Gasteiger partial charge in [-0.15, -0.1) is 0 Å². The van der Waals surface area contributed by atoms with Crippen LogP contribution in [0, 0.1) is 0 Å². The molecule has 0 radical (unpaired) electrons. The molecule has 1 heterocycles. The zero-order valence-corrected chi connectivity index (χ0v) is 14.2. The predicted octanol–water partition coefficient (Wildman–Crippen LogP) is 5.02. The molecule has 0 unspecified atom stereocenters. The summed E-state index contributed by atoms with van der Waals surface area (Å²) >= 11 is 11.9. The molecule has 0 amide bonds. The normalized spacial score (nSPS) is 10.8. The fourth-order valence-corrected chi connectivity index (χ4v) is 2.64. The van der Waals surface area contributed by atoms with E-state index in [1.807, 2.05) is 0 Å². The molecule has 1 N–H and O–H groups in total. The number of hydrogen-bond donors (Lipinski definition) is 1. The first kappa shape index (κ1) is 16.6. The number of ether oxygens (including phenoxy) is 1. The Morgan fingerprint density at radius 2 is 1.71 bits per heavy atom. The summed E-state index contributed by atoms with van der Waals surface area (Å²) in [6.45, 7) is 1.69. The molecule has 0 aliphatic rings. The number of H-pyrrole nitrogens is 1. The Hall–Kier alpha value is -2.30. The molecule has 0 bridgehead atoms. The number of aromatic nitrogens is 1. The molecule has 4 nitrogen and oxygen atoms in total. The Morgan fingerprint density at radius 3 is 2.38 bits per heavy atom. The van der Waals surface area contributed by atoms with Crippen LogP contribution in [0.4, 0.5) is 0 Å². The quantitative estimate of drug-likeness (QED) is 0.524. The van der Waals surface area contributed by atoms with Crippen LogP contribution in [-0.4, -0.2) is 16.7 Å². The lowest BCUT2D eigenvalue weighted by atomic mass is 10.1. The molecule has 24 heavy (non-hydrogen) atoms. The Labute approximate surface area is 148 Å². The second kappa shape index (κ2) is 6.67. The molecule has 6 heteroatoms. The fourth-order valence-electron chi connectivity index (χ4n) is 2.34. The highest BCUT2D eigenvalue weighted by molar-refractivity contribution is 6.31. The monoisotopic (exact) mass is 361 g/mol. The van der Waals surface area contributed by atoms with E-state index in [1.54, 1.807) is 49.4 Å². The van der Waals surface area contributed by atoms with E-state index in [-0.39, 0.29) is 23.6 Å². The van der Waals surface area contributed by atoms with Gasteiger partial charge in [-0.1, -0.05) is 30.1 Å². The van der Waals surface area contributed by atoms with Crippen molar-refractivity contribution in [3.8, 4) is 5.75 Å². The highest BCUT2D eigenvalue weighted by Crippen LogP contribution is 2.33. The van der Waals surface area contributed by atoms with E-state index in [0.717, 1.165) is 0 Å². The van der Waals surface area contributed by atoms with Crippen LogP contribution in [0.5, 0.6) is 5.75 Å². The molecular formula is C18H13Cl2NO3. The molecule has 1 aromatic heterocycles. The third-order valence-corrected chi connectivity index (χ3v) is 4.04. The maximum Gasteiger partial charge on any atom is 0.310 e. The van der Waals surface area contributed by atoms with Gasteiger partial charge in [-0.05, 0) is 42.5 Å². The van der Waals surface area contributed by atoms with Crippen molar-refractivity contribution in [3.05, 3.63) is 63.8 Å². The number of fused-ring (bicyclic) bond motifs is 1. The van der Waals surface area contributed by atoms with E-state index in [2.05, 4.69) is 4.98 Å². The fraction of sp³-hybridized carbons (Fsp3) is 0.111. The summed E-state index contributed by atoms with van der Waals surface area (Å²) in [6.07, 6.45) is 0.203. The lowest BCUT2D eigenvalue weighted by Gasteiger charge is -2.05. The Morgan fingerprint density at radius 1 is 1.04 bits per heavy atom. The Kier molecular flexibility index (Phi) is 4.60. The van der Waals surface area contributed by atoms with E-state index < -0.39 is 5.97 Å². The molecule has 3 aromatic rings. The molecule has 0 saturated carbocycles. The molecule has 0 atom stereocenters. The predicted molar refractivity (Wildman–Crippen MR) is 94.1 cm³/mol. The van der Waals surface area contributed by atoms with Crippen molar-refractivity contribution in [1.82, 2.24) is 4.98 Å². The number of rotatable bonds is 4. The van der Waals surface area contributed by atoms with Crippen LogP contribution in [-0.2, 0) is 4.79 Å². The minimum absolute atomic E-state index is 0.203. The van der Waals surface area contributed by atoms with Crippen LogP contribution >= 0.6 is 23.2 Å². The lowest BCUT2D eigenvalue weighted by Crippen LogP contribution is -2.10. The van der Waals surface area contributed by atoms with Gasteiger partial charge >= 0.3 is 5.97 Å². The lowest BCUT2D eigenvalue weighted by molar-refractivity contribution is -0.133. The molecule has 0 aliphatic carbocycles. The highest BCUT2D eigenvalue weighted by Gasteiger charge is 2.22. The maximum absolute atomic E-state index is 12.8. The largest absolute Gasteiger partial charge is 0.423 e. The second-order valence-corrected chi connectivity index (χ2v) is 6.06. The topological polar surface area (TPSA) is 59.2 Å². The first-order valence-electron chi connectivity index (χ1n) is 7.31. The average Bonchev–Trinajstić information content (AvgIpc) is 2.92. The van der Waals surface area contributed by atoms with Gasteiger partial charge in [0.1, 0.15) is 5.69 Å². The molecule has 0 spiro atoms. The van der Waals surface area contributed by atoms with Crippen LogP contribution in [0.2, 0.25) is 10.0 Å². The van der Waals surface area contributed by atoms with Crippen molar-refractivity contribution in [2.24, 2.45) is 0 Å². The molecular weight excluding hydrogens is 349 g/mol. The Balaban J connectivity index is 2.14. The SMILES string of the molecule is CCC(=O)Oc1c(C(=O)c2ccc(Cl)cc2)[nH]c2cc(Cl)ccc12. The number of esters is 1. The first-order valence-corrected chi connectivity index (χ1v) is 8.07. The number of aromatic amines is 1. The van der Waals surface area contributed by atoms with Gasteiger partial charge in [0.05, 0.1) is 5.52 Å². The number of halogens is 2. The van der Waals surface area contributed by atoms with Crippen LogP contribution in [0.25, 0.3) is 10.9 Å². The minimum Gasteiger partial charge on any atom is -0.423 e. The summed E-state index contributed by atoms with van der Waals surface area (Å²) in [5.41, 5.74) is 1.26. The average molecular weight is 362 g/mol. The van der Waals surface area contributed by atoms with Gasteiger partial charge in [0.25, 0.3) is 0 Å². The van der Waals surface area contributed by atoms with Gasteiger partial charge in [-0.2, -0.15) is 0 Å². The second-order valence-electron chi connectivity index (χ2n) is 5.18. The first-order chi connectivity index (χ1) is 11.5. The van der Waals surface area contributed by atoms with Crippen molar-refractivity contribution in [2.75, 3.05) is 0 Å². The number of ketones is 1. The van der Waals surface area contributed by atoms with E-state index >= 15 is 0 Å². The van der Waals surface area contributed by atoms with Gasteiger partial charge in [-0.3, -0.25) is 9.59 Å². The molecule has 122 valence electrons. The Bertz CT molecular complexity index is 929. The van der Waals surface area contributed by atoms with Gasteiger partial charge in [0.2, 0.25) is 5.78 Å². The molecule has 0 aliphatic heterocycles. The summed E-state index contributed by atoms with van der Waals surface area (Å²) in [6, 6.07) is 11.6. The summed E-state index contributed by atoms with van der Waals surface area (Å²) in [5.74, 6) is -0.498. The van der Waals surface area contributed by atoms with E-state index in [0.29, 0.717) is 26.5 Å². The third kappa shape index (κ3) is 3.16. The molecule has 0 saturated heterocycles. The summed E-state index contributed by atoms with van der Waals surface area (Å²) in [4.78, 5) is 27.6. The van der Waals surface area contributed by atoms with Crippen molar-refractivity contribution < 1.29 is 14.3 Å². The number of carbonyl (C=O) groups is 2. The van der Waals surface area contributed by atoms with Crippen LogP contribution in [0.1, 0.15) is 29.4 Å².